The number of nitrogens with one attached hydrogen (secondary N) is 1. The summed E-state index contributed by atoms with van der Waals surface area (Å²) in [6, 6.07) is 2.96. The average Bonchev–Trinajstić information content (AvgIpc) is 3.05. The Bertz CT molecular complexity index is 976. The molecule has 28 heavy (non-hydrogen) atoms. The van der Waals surface area contributed by atoms with E-state index in [0.717, 1.165) is 0 Å². The fourth-order valence-corrected chi connectivity index (χ4v) is 3.63. The largest absolute Gasteiger partial charge is 0.460 e. The Morgan fingerprint density at radius 1 is 1.43 bits per heavy atom. The van der Waals surface area contributed by atoms with Gasteiger partial charge in [0.1, 0.15) is 6.10 Å². The van der Waals surface area contributed by atoms with Gasteiger partial charge in [0.25, 0.3) is 5.56 Å². The molecule has 2 atom stereocenters. The van der Waals surface area contributed by atoms with Crippen LogP contribution in [-0.2, 0) is 20.9 Å². The van der Waals surface area contributed by atoms with Gasteiger partial charge in [-0.05, 0) is 41.0 Å². The van der Waals surface area contributed by atoms with Crippen molar-refractivity contribution in [2.45, 2.75) is 45.4 Å². The molecule has 7 nitrogen and oxygen atoms in total. The Hall–Kier alpha value is -1.77. The highest BCUT2D eigenvalue weighted by Crippen LogP contribution is 2.25. The molecule has 0 spiro atoms. The van der Waals surface area contributed by atoms with Gasteiger partial charge in [0.05, 0.1) is 40.8 Å². The van der Waals surface area contributed by atoms with E-state index in [2.05, 4.69) is 26.2 Å². The van der Waals surface area contributed by atoms with E-state index in [1.807, 2.05) is 0 Å². The lowest BCUT2D eigenvalue weighted by molar-refractivity contribution is -0.153. The van der Waals surface area contributed by atoms with Crippen LogP contribution in [-0.4, -0.2) is 40.0 Å². The monoisotopic (exact) mass is 469 g/mol. The molecule has 1 aromatic carbocycles. The molecule has 1 fully saturated rings. The molecule has 0 unspecified atom stereocenters. The van der Waals surface area contributed by atoms with Crippen LogP contribution in [0.2, 0.25) is 5.02 Å². The summed E-state index contributed by atoms with van der Waals surface area (Å²) in [5, 5.41) is 3.96. The highest BCUT2D eigenvalue weighted by molar-refractivity contribution is 9.10. The maximum absolute atomic E-state index is 12.7. The number of hydrogen-bond donors (Lipinski definition) is 1. The van der Waals surface area contributed by atoms with Crippen LogP contribution in [0.15, 0.2) is 27.7 Å². The third-order valence-corrected chi connectivity index (χ3v) is 5.88. The molecule has 3 rings (SSSR count). The number of fused-ring (bicyclic) bond motifs is 1. The second-order valence-corrected chi connectivity index (χ2v) is 8.44. The zero-order valence-electron chi connectivity index (χ0n) is 15.6. The van der Waals surface area contributed by atoms with Gasteiger partial charge in [0.2, 0.25) is 0 Å². The normalized spacial score (nSPS) is 19.3. The molecule has 2 aromatic rings. The lowest BCUT2D eigenvalue weighted by Crippen LogP contribution is -2.37. The van der Waals surface area contributed by atoms with Crippen molar-refractivity contribution in [3.05, 3.63) is 38.3 Å². The molecule has 1 aliphatic rings. The molecule has 1 aliphatic heterocycles. The predicted molar refractivity (Wildman–Crippen MR) is 109 cm³/mol. The minimum absolute atomic E-state index is 0.0987. The zero-order valence-corrected chi connectivity index (χ0v) is 17.9. The van der Waals surface area contributed by atoms with Crippen molar-refractivity contribution in [2.75, 3.05) is 6.54 Å². The van der Waals surface area contributed by atoms with E-state index in [4.69, 9.17) is 16.3 Å². The number of benzene rings is 1. The number of rotatable bonds is 6. The first-order valence-corrected chi connectivity index (χ1v) is 10.2. The topological polar surface area (TPSA) is 90.3 Å². The van der Waals surface area contributed by atoms with Gasteiger partial charge in [-0.25, -0.2) is 4.98 Å². The molecule has 150 valence electrons. The summed E-state index contributed by atoms with van der Waals surface area (Å²) in [7, 11) is 0. The SMILES string of the molecule is CC(C)C(=O)O[C@H]1CCN[C@@H]1CC(=O)Cn1cnc2cc(Br)c(Cl)cc2c1=O. The van der Waals surface area contributed by atoms with Crippen LogP contribution in [0, 0.1) is 5.92 Å². The maximum atomic E-state index is 12.7. The molecular weight excluding hydrogens is 450 g/mol. The van der Waals surface area contributed by atoms with Crippen LogP contribution >= 0.6 is 27.5 Å². The number of esters is 1. The molecule has 1 N–H and O–H groups in total. The summed E-state index contributed by atoms with van der Waals surface area (Å²) >= 11 is 9.37. The van der Waals surface area contributed by atoms with Gasteiger partial charge in [0, 0.05) is 10.9 Å². The number of halogens is 2. The summed E-state index contributed by atoms with van der Waals surface area (Å²) in [4.78, 5) is 41.3. The van der Waals surface area contributed by atoms with Gasteiger partial charge in [-0.1, -0.05) is 25.4 Å². The quantitative estimate of drug-likeness (QED) is 0.653. The lowest BCUT2D eigenvalue weighted by Gasteiger charge is -2.20. The summed E-state index contributed by atoms with van der Waals surface area (Å²) < 4.78 is 7.42. The number of Topliss-reactive ketones (excluding diaryl/α,β-unsaturated/α-hetero) is 1. The zero-order chi connectivity index (χ0) is 20.4. The molecule has 9 heteroatoms. The fourth-order valence-electron chi connectivity index (χ4n) is 3.14. The first kappa shape index (κ1) is 21.0. The molecule has 1 saturated heterocycles. The minimum atomic E-state index is -0.332. The van der Waals surface area contributed by atoms with E-state index >= 15 is 0 Å². The highest BCUT2D eigenvalue weighted by Gasteiger charge is 2.32. The van der Waals surface area contributed by atoms with Crippen LogP contribution in [0.5, 0.6) is 0 Å². The first-order valence-electron chi connectivity index (χ1n) is 9.06. The van der Waals surface area contributed by atoms with Crippen molar-refractivity contribution < 1.29 is 14.3 Å². The number of nitrogens with zero attached hydrogens (tertiary/aromatic N) is 2. The van der Waals surface area contributed by atoms with Crippen molar-refractivity contribution in [1.29, 1.82) is 0 Å². The van der Waals surface area contributed by atoms with Crippen molar-refractivity contribution in [3.8, 4) is 0 Å². The van der Waals surface area contributed by atoms with Crippen molar-refractivity contribution >= 4 is 50.2 Å². The third-order valence-electron chi connectivity index (χ3n) is 4.68. The van der Waals surface area contributed by atoms with Crippen LogP contribution in [0.4, 0.5) is 0 Å². The van der Waals surface area contributed by atoms with Crippen LogP contribution < -0.4 is 10.9 Å². The minimum Gasteiger partial charge on any atom is -0.460 e. The summed E-state index contributed by atoms with van der Waals surface area (Å²) in [6.07, 6.45) is 1.87. The summed E-state index contributed by atoms with van der Waals surface area (Å²) in [5.41, 5.74) is 0.179. The molecule has 1 aromatic heterocycles. The molecular formula is C19H21BrClN3O4. The second kappa shape index (κ2) is 8.71. The lowest BCUT2D eigenvalue weighted by atomic mass is 10.1. The number of hydrogen-bond acceptors (Lipinski definition) is 6. The van der Waals surface area contributed by atoms with Crippen LogP contribution in [0.1, 0.15) is 26.7 Å². The number of ether oxygens (including phenoxy) is 1. The smallest absolute Gasteiger partial charge is 0.308 e. The number of carbonyl (C=O) groups is 2. The first-order chi connectivity index (χ1) is 13.3. The average molecular weight is 471 g/mol. The van der Waals surface area contributed by atoms with Crippen LogP contribution in [0.25, 0.3) is 10.9 Å². The third kappa shape index (κ3) is 4.61. The van der Waals surface area contributed by atoms with Gasteiger partial charge in [-0.15, -0.1) is 0 Å². The molecule has 0 bridgehead atoms. The van der Waals surface area contributed by atoms with E-state index in [1.165, 1.54) is 17.0 Å². The van der Waals surface area contributed by atoms with Gasteiger partial charge < -0.3 is 10.1 Å². The van der Waals surface area contributed by atoms with Crippen molar-refractivity contribution in [3.63, 3.8) is 0 Å². The van der Waals surface area contributed by atoms with E-state index in [1.54, 1.807) is 19.9 Å². The van der Waals surface area contributed by atoms with Gasteiger partial charge >= 0.3 is 5.97 Å². The summed E-state index contributed by atoms with van der Waals surface area (Å²) in [6.45, 7) is 4.13. The van der Waals surface area contributed by atoms with E-state index in [0.29, 0.717) is 33.4 Å². The predicted octanol–water partition coefficient (Wildman–Crippen LogP) is 2.70. The standard InChI is InChI=1S/C19H21BrClN3O4/c1-10(2)19(27)28-17-3-4-22-16(17)5-11(25)8-24-9-23-15-7-13(20)14(21)6-12(15)18(24)26/h6-7,9-10,16-17,22H,3-5,8H2,1-2H3/t16-,17+/m1/s1. The van der Waals surface area contributed by atoms with Gasteiger partial charge in [-0.3, -0.25) is 19.0 Å². The Morgan fingerprint density at radius 3 is 2.89 bits per heavy atom. The van der Waals surface area contributed by atoms with Crippen LogP contribution in [0.3, 0.4) is 0 Å². The number of carbonyl (C=O) groups excluding carboxylic acids is 2. The highest BCUT2D eigenvalue weighted by atomic mass is 79.9. The number of aromatic nitrogens is 2. The maximum Gasteiger partial charge on any atom is 0.308 e. The summed E-state index contributed by atoms with van der Waals surface area (Å²) in [5.74, 6) is -0.633. The molecule has 0 saturated carbocycles. The molecule has 0 amide bonds. The van der Waals surface area contributed by atoms with Gasteiger partial charge in [0.15, 0.2) is 5.78 Å². The Morgan fingerprint density at radius 2 is 2.18 bits per heavy atom. The van der Waals surface area contributed by atoms with Crippen molar-refractivity contribution in [2.24, 2.45) is 5.92 Å². The van der Waals surface area contributed by atoms with Gasteiger partial charge in [-0.2, -0.15) is 0 Å². The Labute approximate surface area is 175 Å². The van der Waals surface area contributed by atoms with Crippen molar-refractivity contribution in [1.82, 2.24) is 14.9 Å². The second-order valence-electron chi connectivity index (χ2n) is 7.18. The van der Waals surface area contributed by atoms with E-state index in [9.17, 15) is 14.4 Å². The molecule has 2 heterocycles. The fraction of sp³-hybridized carbons (Fsp3) is 0.474. The van der Waals surface area contributed by atoms with E-state index in [-0.39, 0.29) is 48.3 Å². The Kier molecular flexibility index (Phi) is 6.52. The van der Waals surface area contributed by atoms with E-state index < -0.39 is 0 Å². The molecule has 0 aliphatic carbocycles. The molecule has 0 radical (unpaired) electrons. The number of ketones is 1. The Balaban J connectivity index is 1.71.